The molecule has 10 nitrogen and oxygen atoms in total. The van der Waals surface area contributed by atoms with Gasteiger partial charge in [-0.3, -0.25) is 9.59 Å². The minimum atomic E-state index is -0.512. The van der Waals surface area contributed by atoms with Crippen LogP contribution < -0.4 is 5.73 Å². The second-order valence-corrected chi connectivity index (χ2v) is 9.75. The number of aromatic nitrogens is 5. The molecule has 0 saturated carbocycles. The molecular weight excluding hydrogens is 477 g/mol. The van der Waals surface area contributed by atoms with Crippen LogP contribution in [0.1, 0.15) is 54.6 Å². The van der Waals surface area contributed by atoms with Crippen LogP contribution in [0.4, 0.5) is 10.2 Å². The maximum atomic E-state index is 15.0. The van der Waals surface area contributed by atoms with Gasteiger partial charge in [0.05, 0.1) is 23.0 Å². The fourth-order valence-electron chi connectivity index (χ4n) is 6.07. The van der Waals surface area contributed by atoms with E-state index in [-0.39, 0.29) is 35.5 Å². The van der Waals surface area contributed by atoms with Crippen LogP contribution in [0.2, 0.25) is 0 Å². The predicted octanol–water partition coefficient (Wildman–Crippen LogP) is 2.94. The molecular formula is C26H26FN7O3. The zero-order valence-electron chi connectivity index (χ0n) is 20.2. The summed E-state index contributed by atoms with van der Waals surface area (Å²) in [6, 6.07) is 4.79. The molecule has 2 aliphatic rings. The number of fused-ring (bicyclic) bond motifs is 3. The van der Waals surface area contributed by atoms with Gasteiger partial charge in [0.1, 0.15) is 24.1 Å². The Labute approximate surface area is 211 Å². The van der Waals surface area contributed by atoms with Crippen molar-refractivity contribution in [2.45, 2.75) is 50.6 Å². The third-order valence-electron chi connectivity index (χ3n) is 7.64. The molecule has 2 fully saturated rings. The molecule has 11 heteroatoms. The van der Waals surface area contributed by atoms with Crippen LogP contribution in [-0.4, -0.2) is 65.0 Å². The second kappa shape index (κ2) is 8.77. The van der Waals surface area contributed by atoms with Crippen molar-refractivity contribution < 1.29 is 19.1 Å². The van der Waals surface area contributed by atoms with E-state index in [0.29, 0.717) is 52.3 Å². The maximum absolute atomic E-state index is 15.0. The summed E-state index contributed by atoms with van der Waals surface area (Å²) in [6.07, 6.45) is 7.71. The van der Waals surface area contributed by atoms with Crippen LogP contribution in [0.5, 0.6) is 0 Å². The first kappa shape index (κ1) is 23.3. The number of aromatic amines is 1. The summed E-state index contributed by atoms with van der Waals surface area (Å²) in [5.41, 5.74) is 9.32. The standard InChI is InChI=1S/C26H26FN7O3/c1-13(36)22-23(15-8-16-3-4-17(9-15)33(16)21(37)12-35)32-26-19(11-31-34(26)24(22)28)14-2-5-18(20(27)10-14)25-29-6-7-30-25/h2,5-7,10-11,15-17,35H,3-4,8-9,12,28H2,1H3,(H,29,30). The zero-order valence-corrected chi connectivity index (χ0v) is 20.2. The molecule has 2 saturated heterocycles. The van der Waals surface area contributed by atoms with Crippen LogP contribution in [-0.2, 0) is 4.79 Å². The van der Waals surface area contributed by atoms with Crippen LogP contribution in [0.3, 0.4) is 0 Å². The summed E-state index contributed by atoms with van der Waals surface area (Å²) in [6.45, 7) is 0.941. The zero-order chi connectivity index (χ0) is 25.8. The molecule has 2 atom stereocenters. The van der Waals surface area contributed by atoms with E-state index in [0.717, 1.165) is 12.8 Å². The molecule has 1 amide bonds. The number of nitrogens with two attached hydrogens (primary N) is 1. The molecule has 4 aromatic rings. The van der Waals surface area contributed by atoms with Crippen molar-refractivity contribution in [3.8, 4) is 22.5 Å². The average Bonchev–Trinajstić information content (AvgIpc) is 3.61. The minimum absolute atomic E-state index is 0.0184. The van der Waals surface area contributed by atoms with Gasteiger partial charge in [0.15, 0.2) is 11.4 Å². The van der Waals surface area contributed by atoms with E-state index in [9.17, 15) is 14.7 Å². The number of rotatable bonds is 5. The van der Waals surface area contributed by atoms with Gasteiger partial charge in [0.2, 0.25) is 5.91 Å². The summed E-state index contributed by atoms with van der Waals surface area (Å²) in [5, 5.41) is 13.8. The van der Waals surface area contributed by atoms with Crippen LogP contribution >= 0.6 is 0 Å². The molecule has 2 aliphatic heterocycles. The van der Waals surface area contributed by atoms with Crippen molar-refractivity contribution in [3.05, 3.63) is 53.9 Å². The Morgan fingerprint density at radius 1 is 1.22 bits per heavy atom. The van der Waals surface area contributed by atoms with Gasteiger partial charge < -0.3 is 20.7 Å². The summed E-state index contributed by atoms with van der Waals surface area (Å²) in [4.78, 5) is 38.8. The van der Waals surface area contributed by atoms with Gasteiger partial charge in [0, 0.05) is 36.0 Å². The first-order valence-electron chi connectivity index (χ1n) is 12.3. The average molecular weight is 504 g/mol. The van der Waals surface area contributed by atoms with Crippen LogP contribution in [0.15, 0.2) is 36.8 Å². The number of carbonyl (C=O) groups excluding carboxylic acids is 2. The number of hydrogen-bond acceptors (Lipinski definition) is 7. The summed E-state index contributed by atoms with van der Waals surface area (Å²) in [5.74, 6) is -0.397. The van der Waals surface area contributed by atoms with Gasteiger partial charge in [-0.1, -0.05) is 6.07 Å². The van der Waals surface area contributed by atoms with Crippen molar-refractivity contribution in [1.29, 1.82) is 0 Å². The van der Waals surface area contributed by atoms with E-state index < -0.39 is 12.4 Å². The number of piperidine rings is 1. The number of amides is 1. The highest BCUT2D eigenvalue weighted by molar-refractivity contribution is 6.00. The fourth-order valence-corrected chi connectivity index (χ4v) is 6.07. The largest absolute Gasteiger partial charge is 0.387 e. The molecule has 6 rings (SSSR count). The number of anilines is 1. The van der Waals surface area contributed by atoms with Crippen LogP contribution in [0, 0.1) is 5.82 Å². The van der Waals surface area contributed by atoms with Gasteiger partial charge in [-0.25, -0.2) is 14.4 Å². The Balaban J connectivity index is 1.44. The topological polar surface area (TPSA) is 142 Å². The van der Waals surface area contributed by atoms with Crippen molar-refractivity contribution in [2.24, 2.45) is 0 Å². The van der Waals surface area contributed by atoms with Gasteiger partial charge in [-0.2, -0.15) is 9.61 Å². The van der Waals surface area contributed by atoms with Gasteiger partial charge in [-0.05, 0) is 50.3 Å². The van der Waals surface area contributed by atoms with Gasteiger partial charge in [-0.15, -0.1) is 0 Å². The van der Waals surface area contributed by atoms with E-state index in [1.165, 1.54) is 17.5 Å². The summed E-state index contributed by atoms with van der Waals surface area (Å²) in [7, 11) is 0. The number of hydrogen-bond donors (Lipinski definition) is 3. The molecule has 4 N–H and O–H groups in total. The van der Waals surface area contributed by atoms with E-state index in [2.05, 4.69) is 15.1 Å². The number of aliphatic hydroxyl groups excluding tert-OH is 1. The highest BCUT2D eigenvalue weighted by atomic mass is 19.1. The molecule has 2 bridgehead atoms. The smallest absolute Gasteiger partial charge is 0.248 e. The van der Waals surface area contributed by atoms with Crippen LogP contribution in [0.25, 0.3) is 28.2 Å². The summed E-state index contributed by atoms with van der Waals surface area (Å²) >= 11 is 0. The number of benzene rings is 1. The molecule has 1 aromatic carbocycles. The molecule has 0 radical (unpaired) electrons. The van der Waals surface area contributed by atoms with Crippen molar-refractivity contribution >= 4 is 23.2 Å². The Bertz CT molecular complexity index is 1520. The molecule has 0 spiro atoms. The quantitative estimate of drug-likeness (QED) is 0.355. The highest BCUT2D eigenvalue weighted by Crippen LogP contribution is 2.44. The number of aliphatic hydroxyl groups is 1. The number of carbonyl (C=O) groups is 2. The fraction of sp³-hybridized carbons (Fsp3) is 0.346. The Morgan fingerprint density at radius 3 is 2.59 bits per heavy atom. The molecule has 2 unspecified atom stereocenters. The van der Waals surface area contributed by atoms with Crippen molar-refractivity contribution in [2.75, 3.05) is 12.3 Å². The maximum Gasteiger partial charge on any atom is 0.248 e. The molecule has 0 aliphatic carbocycles. The van der Waals surface area contributed by atoms with Gasteiger partial charge in [0.25, 0.3) is 0 Å². The Hall–Kier alpha value is -4.12. The Kier molecular flexibility index (Phi) is 5.52. The number of H-pyrrole nitrogens is 1. The molecule has 3 aromatic heterocycles. The number of nitrogens with zero attached hydrogens (tertiary/aromatic N) is 5. The first-order chi connectivity index (χ1) is 17.9. The van der Waals surface area contributed by atoms with E-state index in [1.54, 1.807) is 35.6 Å². The first-order valence-corrected chi connectivity index (χ1v) is 12.3. The number of nitrogen functional groups attached to an aromatic ring is 1. The Morgan fingerprint density at radius 2 is 1.97 bits per heavy atom. The number of ketones is 1. The number of halogens is 1. The van der Waals surface area contributed by atoms with E-state index in [4.69, 9.17) is 10.7 Å². The van der Waals surface area contributed by atoms with Gasteiger partial charge >= 0.3 is 0 Å². The molecule has 37 heavy (non-hydrogen) atoms. The van der Waals surface area contributed by atoms with E-state index in [1.807, 2.05) is 0 Å². The predicted molar refractivity (Wildman–Crippen MR) is 133 cm³/mol. The minimum Gasteiger partial charge on any atom is -0.387 e. The second-order valence-electron chi connectivity index (χ2n) is 9.75. The summed E-state index contributed by atoms with van der Waals surface area (Å²) < 4.78 is 16.4. The van der Waals surface area contributed by atoms with Crippen molar-refractivity contribution in [1.82, 2.24) is 29.5 Å². The highest BCUT2D eigenvalue weighted by Gasteiger charge is 2.44. The number of Topliss-reactive ketones (excluding diaryl/α,β-unsaturated/α-hetero) is 1. The lowest BCUT2D eigenvalue weighted by atomic mass is 9.85. The lowest BCUT2D eigenvalue weighted by molar-refractivity contribution is -0.138. The number of nitrogens with one attached hydrogen (secondary N) is 1. The monoisotopic (exact) mass is 503 g/mol. The molecule has 190 valence electrons. The molecule has 5 heterocycles. The third kappa shape index (κ3) is 3.69. The SMILES string of the molecule is CC(=O)c1c(C2CC3CCC(C2)N3C(=O)CO)nc2c(-c3ccc(-c4ncc[nH]4)c(F)c3)cnn2c1N. The lowest BCUT2D eigenvalue weighted by Gasteiger charge is -2.39. The van der Waals surface area contributed by atoms with Crippen molar-refractivity contribution in [3.63, 3.8) is 0 Å². The third-order valence-corrected chi connectivity index (χ3v) is 7.64. The normalized spacial score (nSPS) is 21.1. The van der Waals surface area contributed by atoms with E-state index >= 15 is 4.39 Å². The number of imidazole rings is 1. The lowest BCUT2D eigenvalue weighted by Crippen LogP contribution is -2.47.